The van der Waals surface area contributed by atoms with Crippen molar-refractivity contribution in [3.05, 3.63) is 11.9 Å². The Morgan fingerprint density at radius 2 is 2.12 bits per heavy atom. The van der Waals surface area contributed by atoms with Crippen molar-refractivity contribution in [1.82, 2.24) is 15.0 Å². The van der Waals surface area contributed by atoms with Crippen molar-refractivity contribution in [1.29, 1.82) is 0 Å². The van der Waals surface area contributed by atoms with Crippen molar-refractivity contribution < 1.29 is 9.47 Å². The molecule has 0 atom stereocenters. The van der Waals surface area contributed by atoms with Crippen molar-refractivity contribution in [2.24, 2.45) is 7.05 Å². The fourth-order valence-electron chi connectivity index (χ4n) is 1.34. The van der Waals surface area contributed by atoms with Gasteiger partial charge in [-0.15, -0.1) is 5.10 Å². The van der Waals surface area contributed by atoms with E-state index < -0.39 is 0 Å². The molecule has 0 N–H and O–H groups in total. The fourth-order valence-corrected chi connectivity index (χ4v) is 1.34. The zero-order valence-corrected chi connectivity index (χ0v) is 10.3. The van der Waals surface area contributed by atoms with Crippen LogP contribution in [-0.4, -0.2) is 40.9 Å². The molecule has 1 aromatic heterocycles. The molecule has 0 amide bonds. The first-order chi connectivity index (χ1) is 7.70. The van der Waals surface area contributed by atoms with Gasteiger partial charge in [0, 0.05) is 13.7 Å². The van der Waals surface area contributed by atoms with E-state index in [1.54, 1.807) is 10.9 Å². The Bertz CT molecular complexity index is 287. The summed E-state index contributed by atoms with van der Waals surface area (Å²) in [5.74, 6) is 0. The van der Waals surface area contributed by atoms with Crippen LogP contribution < -0.4 is 0 Å². The van der Waals surface area contributed by atoms with Crippen molar-refractivity contribution in [2.75, 3.05) is 19.8 Å². The second-order valence-corrected chi connectivity index (χ2v) is 3.98. The van der Waals surface area contributed by atoms with Crippen molar-refractivity contribution in [3.8, 4) is 0 Å². The van der Waals surface area contributed by atoms with Crippen LogP contribution >= 0.6 is 0 Å². The number of hydrogen-bond acceptors (Lipinski definition) is 4. The number of hydrogen-bond donors (Lipinski definition) is 0. The molecule has 0 spiro atoms. The minimum absolute atomic E-state index is 0.282. The largest absolute Gasteiger partial charge is 0.379 e. The maximum absolute atomic E-state index is 5.45. The van der Waals surface area contributed by atoms with Crippen LogP contribution in [-0.2, 0) is 22.9 Å². The van der Waals surface area contributed by atoms with Gasteiger partial charge in [-0.1, -0.05) is 5.21 Å². The molecule has 92 valence electrons. The topological polar surface area (TPSA) is 49.2 Å². The predicted molar refractivity (Wildman–Crippen MR) is 61.2 cm³/mol. The Kier molecular flexibility index (Phi) is 6.03. The molecular formula is C11H21N3O2. The van der Waals surface area contributed by atoms with E-state index in [9.17, 15) is 0 Å². The van der Waals surface area contributed by atoms with Gasteiger partial charge in [-0.25, -0.2) is 0 Å². The Hall–Kier alpha value is -0.940. The van der Waals surface area contributed by atoms with Crippen molar-refractivity contribution >= 4 is 0 Å². The standard InChI is InChI=1S/C11H21N3O2/c1-10(2)16-8-7-15-6-4-5-11-9-12-13-14(11)3/h9-10H,4-8H2,1-3H3. The number of ether oxygens (including phenoxy) is 2. The minimum Gasteiger partial charge on any atom is -0.379 e. The van der Waals surface area contributed by atoms with Crippen LogP contribution in [0.25, 0.3) is 0 Å². The van der Waals surface area contributed by atoms with Crippen LogP contribution in [0.3, 0.4) is 0 Å². The van der Waals surface area contributed by atoms with E-state index in [2.05, 4.69) is 10.3 Å². The highest BCUT2D eigenvalue weighted by atomic mass is 16.5. The molecule has 5 heteroatoms. The third-order valence-electron chi connectivity index (χ3n) is 2.21. The molecule has 0 aromatic carbocycles. The van der Waals surface area contributed by atoms with E-state index in [1.807, 2.05) is 20.9 Å². The second kappa shape index (κ2) is 7.35. The van der Waals surface area contributed by atoms with E-state index in [4.69, 9.17) is 9.47 Å². The fraction of sp³-hybridized carbons (Fsp3) is 0.818. The molecule has 16 heavy (non-hydrogen) atoms. The first kappa shape index (κ1) is 13.1. The van der Waals surface area contributed by atoms with Gasteiger partial charge in [0.1, 0.15) is 0 Å². The van der Waals surface area contributed by atoms with Gasteiger partial charge in [-0.3, -0.25) is 4.68 Å². The lowest BCUT2D eigenvalue weighted by Crippen LogP contribution is -2.10. The molecule has 1 heterocycles. The summed E-state index contributed by atoms with van der Waals surface area (Å²) in [6.45, 7) is 6.14. The van der Waals surface area contributed by atoms with Crippen LogP contribution in [0.5, 0.6) is 0 Å². The summed E-state index contributed by atoms with van der Waals surface area (Å²) in [6, 6.07) is 0. The van der Waals surface area contributed by atoms with Gasteiger partial charge in [-0.2, -0.15) is 0 Å². The first-order valence-electron chi connectivity index (χ1n) is 5.73. The Balaban J connectivity index is 1.94. The van der Waals surface area contributed by atoms with Gasteiger partial charge >= 0.3 is 0 Å². The molecule has 0 aliphatic rings. The van der Waals surface area contributed by atoms with Crippen LogP contribution in [0.4, 0.5) is 0 Å². The molecule has 0 saturated carbocycles. The smallest absolute Gasteiger partial charge is 0.0725 e. The number of rotatable bonds is 8. The van der Waals surface area contributed by atoms with E-state index in [1.165, 1.54) is 0 Å². The van der Waals surface area contributed by atoms with E-state index >= 15 is 0 Å². The van der Waals surface area contributed by atoms with Gasteiger partial charge in [0.2, 0.25) is 0 Å². The monoisotopic (exact) mass is 227 g/mol. The van der Waals surface area contributed by atoms with E-state index in [0.717, 1.165) is 25.1 Å². The predicted octanol–water partition coefficient (Wildman–Crippen LogP) is 1.19. The van der Waals surface area contributed by atoms with Crippen molar-refractivity contribution in [2.45, 2.75) is 32.8 Å². The summed E-state index contributed by atoms with van der Waals surface area (Å²) in [5.41, 5.74) is 1.14. The number of nitrogens with zero attached hydrogens (tertiary/aromatic N) is 3. The normalized spacial score (nSPS) is 11.2. The molecule has 1 aromatic rings. The third-order valence-corrected chi connectivity index (χ3v) is 2.21. The molecule has 0 unspecified atom stereocenters. The highest BCUT2D eigenvalue weighted by molar-refractivity contribution is 4.92. The van der Waals surface area contributed by atoms with E-state index in [0.29, 0.717) is 13.2 Å². The molecule has 0 radical (unpaired) electrons. The Morgan fingerprint density at radius 1 is 1.31 bits per heavy atom. The highest BCUT2D eigenvalue weighted by Crippen LogP contribution is 1.99. The Labute approximate surface area is 96.7 Å². The van der Waals surface area contributed by atoms with Gasteiger partial charge < -0.3 is 9.47 Å². The Morgan fingerprint density at radius 3 is 2.75 bits per heavy atom. The lowest BCUT2D eigenvalue weighted by atomic mass is 10.2. The molecule has 1 rings (SSSR count). The lowest BCUT2D eigenvalue weighted by Gasteiger charge is -2.07. The highest BCUT2D eigenvalue weighted by Gasteiger charge is 1.99. The summed E-state index contributed by atoms with van der Waals surface area (Å²) in [7, 11) is 1.90. The van der Waals surface area contributed by atoms with Gasteiger partial charge in [0.25, 0.3) is 0 Å². The van der Waals surface area contributed by atoms with Crippen LogP contribution in [0, 0.1) is 0 Å². The quantitative estimate of drug-likeness (QED) is 0.626. The average Bonchev–Trinajstić information content (AvgIpc) is 2.62. The second-order valence-electron chi connectivity index (χ2n) is 3.98. The minimum atomic E-state index is 0.282. The van der Waals surface area contributed by atoms with Crippen LogP contribution in [0.2, 0.25) is 0 Å². The molecule has 0 aliphatic carbocycles. The average molecular weight is 227 g/mol. The summed E-state index contributed by atoms with van der Waals surface area (Å²) in [6.07, 6.45) is 4.02. The molecule has 0 bridgehead atoms. The summed E-state index contributed by atoms with van der Waals surface area (Å²) in [4.78, 5) is 0. The number of aryl methyl sites for hydroxylation is 2. The van der Waals surface area contributed by atoms with Crippen LogP contribution in [0.15, 0.2) is 6.20 Å². The zero-order chi connectivity index (χ0) is 11.8. The van der Waals surface area contributed by atoms with Gasteiger partial charge in [-0.05, 0) is 26.7 Å². The van der Waals surface area contributed by atoms with Gasteiger partial charge in [0.15, 0.2) is 0 Å². The van der Waals surface area contributed by atoms with Gasteiger partial charge in [0.05, 0.1) is 31.2 Å². The molecule has 0 aliphatic heterocycles. The summed E-state index contributed by atoms with van der Waals surface area (Å²) < 4.78 is 12.6. The van der Waals surface area contributed by atoms with E-state index in [-0.39, 0.29) is 6.10 Å². The molecular weight excluding hydrogens is 206 g/mol. The summed E-state index contributed by atoms with van der Waals surface area (Å²) >= 11 is 0. The van der Waals surface area contributed by atoms with Crippen molar-refractivity contribution in [3.63, 3.8) is 0 Å². The summed E-state index contributed by atoms with van der Waals surface area (Å²) in [5, 5.41) is 7.69. The molecule has 0 saturated heterocycles. The molecule has 5 nitrogen and oxygen atoms in total. The lowest BCUT2D eigenvalue weighted by molar-refractivity contribution is 0.0190. The zero-order valence-electron chi connectivity index (χ0n) is 10.3. The maximum atomic E-state index is 5.45. The maximum Gasteiger partial charge on any atom is 0.0725 e. The first-order valence-corrected chi connectivity index (χ1v) is 5.73. The SMILES string of the molecule is CC(C)OCCOCCCc1cnnn1C. The molecule has 0 fully saturated rings. The third kappa shape index (κ3) is 5.23. The van der Waals surface area contributed by atoms with Crippen LogP contribution in [0.1, 0.15) is 26.0 Å². The number of aromatic nitrogens is 3.